The molecule has 23 heavy (non-hydrogen) atoms. The third-order valence-corrected chi connectivity index (χ3v) is 3.79. The Balaban J connectivity index is 1.87. The standard InChI is InChI=1S/C18H13FO4/c19-12-3-5-15-13(9-12)18(20)14(10-23-15)11-2-4-16-17(8-11)22-7-1-6-21-16/h2-5,8-10H,1,6-7H2. The number of hydrogen-bond acceptors (Lipinski definition) is 4. The summed E-state index contributed by atoms with van der Waals surface area (Å²) in [5, 5.41) is 0.217. The van der Waals surface area contributed by atoms with Gasteiger partial charge in [0.1, 0.15) is 17.7 Å². The first-order chi connectivity index (χ1) is 11.2. The average Bonchev–Trinajstić information content (AvgIpc) is 2.80. The first-order valence-electron chi connectivity index (χ1n) is 7.33. The second-order valence-corrected chi connectivity index (χ2v) is 5.33. The molecule has 3 aromatic rings. The summed E-state index contributed by atoms with van der Waals surface area (Å²) in [7, 11) is 0. The summed E-state index contributed by atoms with van der Waals surface area (Å²) in [4.78, 5) is 12.6. The number of benzene rings is 2. The quantitative estimate of drug-likeness (QED) is 0.686. The number of hydrogen-bond donors (Lipinski definition) is 0. The highest BCUT2D eigenvalue weighted by molar-refractivity contribution is 5.82. The van der Waals surface area contributed by atoms with Gasteiger partial charge in [0.25, 0.3) is 0 Å². The first-order valence-corrected chi connectivity index (χ1v) is 7.33. The predicted octanol–water partition coefficient (Wildman–Crippen LogP) is 3.76. The molecule has 0 radical (unpaired) electrons. The third kappa shape index (κ3) is 2.44. The molecule has 4 rings (SSSR count). The molecule has 2 heterocycles. The molecule has 1 aliphatic rings. The number of ether oxygens (including phenoxy) is 2. The lowest BCUT2D eigenvalue weighted by Crippen LogP contribution is -2.05. The molecule has 1 aromatic heterocycles. The van der Waals surface area contributed by atoms with Crippen LogP contribution in [0.4, 0.5) is 4.39 Å². The minimum absolute atomic E-state index is 0.217. The van der Waals surface area contributed by atoms with Crippen molar-refractivity contribution in [1.82, 2.24) is 0 Å². The highest BCUT2D eigenvalue weighted by Gasteiger charge is 2.15. The van der Waals surface area contributed by atoms with Crippen LogP contribution < -0.4 is 14.9 Å². The van der Waals surface area contributed by atoms with Crippen molar-refractivity contribution in [3.8, 4) is 22.6 Å². The normalized spacial score (nSPS) is 13.8. The van der Waals surface area contributed by atoms with Gasteiger partial charge in [-0.3, -0.25) is 4.79 Å². The van der Waals surface area contributed by atoms with Gasteiger partial charge in [-0.1, -0.05) is 6.07 Å². The molecule has 0 saturated heterocycles. The smallest absolute Gasteiger partial charge is 0.200 e. The monoisotopic (exact) mass is 312 g/mol. The Hall–Kier alpha value is -2.82. The molecular weight excluding hydrogens is 299 g/mol. The molecule has 0 saturated carbocycles. The van der Waals surface area contributed by atoms with Crippen LogP contribution in [0.15, 0.2) is 51.9 Å². The predicted molar refractivity (Wildman–Crippen MR) is 83.5 cm³/mol. The van der Waals surface area contributed by atoms with E-state index in [1.54, 1.807) is 18.2 Å². The molecule has 0 fully saturated rings. The van der Waals surface area contributed by atoms with E-state index < -0.39 is 5.82 Å². The van der Waals surface area contributed by atoms with Crippen molar-refractivity contribution in [3.63, 3.8) is 0 Å². The van der Waals surface area contributed by atoms with Crippen LogP contribution in [-0.2, 0) is 0 Å². The molecule has 0 N–H and O–H groups in total. The molecule has 0 spiro atoms. The van der Waals surface area contributed by atoms with Gasteiger partial charge in [0.15, 0.2) is 11.5 Å². The number of rotatable bonds is 1. The van der Waals surface area contributed by atoms with Crippen LogP contribution in [0.3, 0.4) is 0 Å². The average molecular weight is 312 g/mol. The fourth-order valence-corrected chi connectivity index (χ4v) is 2.63. The van der Waals surface area contributed by atoms with Crippen LogP contribution in [0.25, 0.3) is 22.1 Å². The van der Waals surface area contributed by atoms with Crippen molar-refractivity contribution in [2.45, 2.75) is 6.42 Å². The van der Waals surface area contributed by atoms with Gasteiger partial charge in [0.05, 0.1) is 24.2 Å². The van der Waals surface area contributed by atoms with Crippen molar-refractivity contribution >= 4 is 11.0 Å². The van der Waals surface area contributed by atoms with E-state index in [2.05, 4.69) is 0 Å². The Bertz CT molecular complexity index is 945. The van der Waals surface area contributed by atoms with E-state index in [1.165, 1.54) is 24.5 Å². The fourth-order valence-electron chi connectivity index (χ4n) is 2.63. The molecule has 5 heteroatoms. The van der Waals surface area contributed by atoms with E-state index in [4.69, 9.17) is 13.9 Å². The van der Waals surface area contributed by atoms with E-state index in [0.29, 0.717) is 41.4 Å². The molecule has 116 valence electrons. The van der Waals surface area contributed by atoms with E-state index in [1.807, 2.05) is 0 Å². The molecule has 0 unspecified atom stereocenters. The summed E-state index contributed by atoms with van der Waals surface area (Å²) in [5.74, 6) is 0.779. The highest BCUT2D eigenvalue weighted by Crippen LogP contribution is 2.33. The Labute approximate surface area is 131 Å². The summed E-state index contributed by atoms with van der Waals surface area (Å²) in [5.41, 5.74) is 1.09. The molecular formula is C18H13FO4. The second-order valence-electron chi connectivity index (χ2n) is 5.33. The van der Waals surface area contributed by atoms with Crippen LogP contribution in [0, 0.1) is 5.82 Å². The van der Waals surface area contributed by atoms with E-state index in [9.17, 15) is 9.18 Å². The van der Waals surface area contributed by atoms with Crippen LogP contribution in [0.1, 0.15) is 6.42 Å². The topological polar surface area (TPSA) is 48.7 Å². The summed E-state index contributed by atoms with van der Waals surface area (Å²) in [6.07, 6.45) is 2.20. The first kappa shape index (κ1) is 13.8. The fraction of sp³-hybridized carbons (Fsp3) is 0.167. The molecule has 0 amide bonds. The lowest BCUT2D eigenvalue weighted by Gasteiger charge is -2.09. The number of halogens is 1. The SMILES string of the molecule is O=c1c(-c2ccc3c(c2)OCCCO3)coc2ccc(F)cc12. The van der Waals surface area contributed by atoms with Gasteiger partial charge in [-0.05, 0) is 35.9 Å². The lowest BCUT2D eigenvalue weighted by molar-refractivity contribution is 0.297. The van der Waals surface area contributed by atoms with Crippen LogP contribution in [0.2, 0.25) is 0 Å². The molecule has 0 aliphatic carbocycles. The van der Waals surface area contributed by atoms with Crippen LogP contribution in [-0.4, -0.2) is 13.2 Å². The Morgan fingerprint density at radius 3 is 2.65 bits per heavy atom. The maximum Gasteiger partial charge on any atom is 0.200 e. The zero-order valence-corrected chi connectivity index (χ0v) is 12.2. The van der Waals surface area contributed by atoms with Gasteiger partial charge in [0, 0.05) is 6.42 Å². The maximum atomic E-state index is 13.4. The Morgan fingerprint density at radius 1 is 0.957 bits per heavy atom. The van der Waals surface area contributed by atoms with Crippen LogP contribution >= 0.6 is 0 Å². The summed E-state index contributed by atoms with van der Waals surface area (Å²) >= 11 is 0. The molecule has 4 nitrogen and oxygen atoms in total. The van der Waals surface area contributed by atoms with Crippen molar-refractivity contribution in [1.29, 1.82) is 0 Å². The van der Waals surface area contributed by atoms with Gasteiger partial charge < -0.3 is 13.9 Å². The zero-order chi connectivity index (χ0) is 15.8. The summed E-state index contributed by atoms with van der Waals surface area (Å²) < 4.78 is 30.1. The minimum Gasteiger partial charge on any atom is -0.490 e. The van der Waals surface area contributed by atoms with Crippen molar-refractivity contribution in [2.24, 2.45) is 0 Å². The largest absolute Gasteiger partial charge is 0.490 e. The molecule has 1 aliphatic heterocycles. The van der Waals surface area contributed by atoms with Gasteiger partial charge in [-0.2, -0.15) is 0 Å². The maximum absolute atomic E-state index is 13.4. The van der Waals surface area contributed by atoms with Crippen molar-refractivity contribution in [2.75, 3.05) is 13.2 Å². The second kappa shape index (κ2) is 5.43. The zero-order valence-electron chi connectivity index (χ0n) is 12.2. The van der Waals surface area contributed by atoms with Gasteiger partial charge in [0.2, 0.25) is 5.43 Å². The number of fused-ring (bicyclic) bond motifs is 2. The van der Waals surface area contributed by atoms with Gasteiger partial charge >= 0.3 is 0 Å². The molecule has 2 aromatic carbocycles. The van der Waals surface area contributed by atoms with E-state index in [-0.39, 0.29) is 10.8 Å². The Morgan fingerprint density at radius 2 is 1.78 bits per heavy atom. The lowest BCUT2D eigenvalue weighted by atomic mass is 10.0. The highest BCUT2D eigenvalue weighted by atomic mass is 19.1. The summed E-state index contributed by atoms with van der Waals surface area (Å²) in [6, 6.07) is 9.18. The third-order valence-electron chi connectivity index (χ3n) is 3.79. The van der Waals surface area contributed by atoms with Crippen molar-refractivity contribution in [3.05, 3.63) is 58.7 Å². The van der Waals surface area contributed by atoms with Crippen LogP contribution in [0.5, 0.6) is 11.5 Å². The summed E-state index contributed by atoms with van der Waals surface area (Å²) in [6.45, 7) is 1.16. The molecule has 0 bridgehead atoms. The van der Waals surface area contributed by atoms with E-state index in [0.717, 1.165) is 6.42 Å². The minimum atomic E-state index is -0.472. The van der Waals surface area contributed by atoms with Gasteiger partial charge in [-0.25, -0.2) is 4.39 Å². The van der Waals surface area contributed by atoms with Crippen molar-refractivity contribution < 1.29 is 18.3 Å². The van der Waals surface area contributed by atoms with E-state index >= 15 is 0 Å². The van der Waals surface area contributed by atoms with Gasteiger partial charge in [-0.15, -0.1) is 0 Å². The molecule has 0 atom stereocenters. The Kier molecular flexibility index (Phi) is 3.26.